The van der Waals surface area contributed by atoms with Crippen molar-refractivity contribution in [1.29, 1.82) is 0 Å². The van der Waals surface area contributed by atoms with E-state index in [1.165, 1.54) is 24.3 Å². The molecule has 2 aromatic rings. The van der Waals surface area contributed by atoms with Crippen LogP contribution >= 0.6 is 31.9 Å². The van der Waals surface area contributed by atoms with Crippen LogP contribution in [-0.2, 0) is 6.61 Å². The summed E-state index contributed by atoms with van der Waals surface area (Å²) in [7, 11) is 0. The minimum Gasteiger partial charge on any atom is -0.481 e. The van der Waals surface area contributed by atoms with Crippen molar-refractivity contribution in [3.63, 3.8) is 0 Å². The number of hydrogen-bond donors (Lipinski definition) is 0. The van der Waals surface area contributed by atoms with Crippen molar-refractivity contribution in [3.8, 4) is 5.75 Å². The number of ether oxygens (including phenoxy) is 1. The SMILES string of the molecule is O=[N+]([O-])c1cccc(Br)c1OCc1c(F)ccc(Br)c1F. The molecule has 0 bridgehead atoms. The van der Waals surface area contributed by atoms with Crippen molar-refractivity contribution >= 4 is 37.5 Å². The highest BCUT2D eigenvalue weighted by molar-refractivity contribution is 9.10. The van der Waals surface area contributed by atoms with Gasteiger partial charge in [-0.05, 0) is 50.1 Å². The first-order valence-corrected chi connectivity index (χ1v) is 7.18. The van der Waals surface area contributed by atoms with Gasteiger partial charge in [0.05, 0.1) is 19.4 Å². The van der Waals surface area contributed by atoms with Gasteiger partial charge in [-0.2, -0.15) is 0 Å². The number of para-hydroxylation sites is 1. The van der Waals surface area contributed by atoms with E-state index in [1.54, 1.807) is 0 Å². The number of nitro groups is 1. The molecule has 0 radical (unpaired) electrons. The van der Waals surface area contributed by atoms with Crippen LogP contribution in [0.15, 0.2) is 39.3 Å². The van der Waals surface area contributed by atoms with Gasteiger partial charge >= 0.3 is 5.69 Å². The van der Waals surface area contributed by atoms with Gasteiger partial charge in [0.2, 0.25) is 5.75 Å². The van der Waals surface area contributed by atoms with Crippen LogP contribution in [0.4, 0.5) is 14.5 Å². The topological polar surface area (TPSA) is 52.4 Å². The molecule has 2 rings (SSSR count). The molecule has 8 heteroatoms. The van der Waals surface area contributed by atoms with E-state index >= 15 is 0 Å². The Morgan fingerprint density at radius 1 is 1.14 bits per heavy atom. The maximum Gasteiger partial charge on any atom is 0.312 e. The van der Waals surface area contributed by atoms with E-state index < -0.39 is 23.2 Å². The van der Waals surface area contributed by atoms with Crippen LogP contribution in [0.1, 0.15) is 5.56 Å². The monoisotopic (exact) mass is 421 g/mol. The van der Waals surface area contributed by atoms with Crippen LogP contribution < -0.4 is 4.74 Å². The summed E-state index contributed by atoms with van der Waals surface area (Å²) in [6, 6.07) is 6.56. The molecule has 0 aromatic heterocycles. The standard InChI is InChI=1S/C13H7Br2F2NO3/c14-8-4-5-10(16)7(12(8)17)6-21-13-9(15)2-1-3-11(13)18(19)20/h1-5H,6H2. The van der Waals surface area contributed by atoms with Crippen molar-refractivity contribution < 1.29 is 18.4 Å². The lowest BCUT2D eigenvalue weighted by Crippen LogP contribution is -2.04. The van der Waals surface area contributed by atoms with Crippen molar-refractivity contribution in [2.24, 2.45) is 0 Å². The molecule has 4 nitrogen and oxygen atoms in total. The summed E-state index contributed by atoms with van der Waals surface area (Å²) in [5, 5.41) is 10.9. The number of nitro benzene ring substituents is 1. The first kappa shape index (κ1) is 15.8. The number of halogens is 4. The Kier molecular flexibility index (Phi) is 4.89. The molecule has 0 amide bonds. The average Bonchev–Trinajstić information content (AvgIpc) is 2.44. The van der Waals surface area contributed by atoms with E-state index in [2.05, 4.69) is 31.9 Å². The Balaban J connectivity index is 2.34. The minimum absolute atomic E-state index is 0.0822. The van der Waals surface area contributed by atoms with Crippen molar-refractivity contribution in [3.05, 3.63) is 66.6 Å². The van der Waals surface area contributed by atoms with Gasteiger partial charge in [0.15, 0.2) is 0 Å². The summed E-state index contributed by atoms with van der Waals surface area (Å²) >= 11 is 6.06. The fraction of sp³-hybridized carbons (Fsp3) is 0.0769. The first-order valence-electron chi connectivity index (χ1n) is 5.60. The van der Waals surface area contributed by atoms with Crippen LogP contribution in [0.3, 0.4) is 0 Å². The minimum atomic E-state index is -0.801. The summed E-state index contributed by atoms with van der Waals surface area (Å²) in [6.45, 7) is -0.472. The number of nitrogens with zero attached hydrogens (tertiary/aromatic N) is 1. The Morgan fingerprint density at radius 2 is 1.86 bits per heavy atom. The third kappa shape index (κ3) is 3.38. The summed E-state index contributed by atoms with van der Waals surface area (Å²) in [4.78, 5) is 10.3. The quantitative estimate of drug-likeness (QED) is 0.396. The average molecular weight is 423 g/mol. The number of hydrogen-bond acceptors (Lipinski definition) is 3. The summed E-state index contributed by atoms with van der Waals surface area (Å²) < 4.78 is 33.1. The highest BCUT2D eigenvalue weighted by Gasteiger charge is 2.20. The molecule has 0 unspecified atom stereocenters. The molecule has 0 fully saturated rings. The molecular weight excluding hydrogens is 416 g/mol. The molecule has 110 valence electrons. The zero-order chi connectivity index (χ0) is 15.6. The predicted octanol–water partition coefficient (Wildman–Crippen LogP) is 4.98. The van der Waals surface area contributed by atoms with Gasteiger partial charge in [-0.1, -0.05) is 6.07 Å². The molecular formula is C13H7Br2F2NO3. The molecule has 0 aliphatic carbocycles. The normalized spacial score (nSPS) is 10.5. The third-order valence-corrected chi connectivity index (χ3v) is 3.88. The largest absolute Gasteiger partial charge is 0.481 e. The summed E-state index contributed by atoms with van der Waals surface area (Å²) in [6.07, 6.45) is 0. The fourth-order valence-electron chi connectivity index (χ4n) is 1.63. The zero-order valence-electron chi connectivity index (χ0n) is 10.3. The van der Waals surface area contributed by atoms with Crippen LogP contribution in [0, 0.1) is 21.7 Å². The van der Waals surface area contributed by atoms with Gasteiger partial charge < -0.3 is 4.74 Å². The Bertz CT molecular complexity index is 710. The van der Waals surface area contributed by atoms with E-state index in [0.29, 0.717) is 4.47 Å². The lowest BCUT2D eigenvalue weighted by Gasteiger charge is -2.10. The van der Waals surface area contributed by atoms with Gasteiger partial charge in [-0.3, -0.25) is 10.1 Å². The van der Waals surface area contributed by atoms with Crippen LogP contribution in [0.5, 0.6) is 5.75 Å². The molecule has 0 heterocycles. The van der Waals surface area contributed by atoms with Crippen molar-refractivity contribution in [2.75, 3.05) is 0 Å². The zero-order valence-corrected chi connectivity index (χ0v) is 13.4. The maximum atomic E-state index is 13.8. The lowest BCUT2D eigenvalue weighted by molar-refractivity contribution is -0.386. The molecule has 0 aliphatic heterocycles. The highest BCUT2D eigenvalue weighted by atomic mass is 79.9. The second-order valence-corrected chi connectivity index (χ2v) is 5.66. The second kappa shape index (κ2) is 6.48. The van der Waals surface area contributed by atoms with E-state index in [4.69, 9.17) is 4.74 Å². The first-order chi connectivity index (χ1) is 9.91. The third-order valence-electron chi connectivity index (χ3n) is 2.64. The smallest absolute Gasteiger partial charge is 0.312 e. The summed E-state index contributed by atoms with van der Waals surface area (Å²) in [5.74, 6) is -1.67. The van der Waals surface area contributed by atoms with Gasteiger partial charge in [-0.25, -0.2) is 8.78 Å². The Labute approximate surface area is 135 Å². The molecule has 2 aromatic carbocycles. The summed E-state index contributed by atoms with van der Waals surface area (Å²) in [5.41, 5.74) is -0.602. The lowest BCUT2D eigenvalue weighted by atomic mass is 10.2. The molecule has 0 saturated heterocycles. The molecule has 0 spiro atoms. The molecule has 0 aliphatic rings. The Hall–Kier alpha value is -1.54. The van der Waals surface area contributed by atoms with E-state index in [-0.39, 0.29) is 21.5 Å². The molecule has 0 saturated carbocycles. The maximum absolute atomic E-state index is 13.8. The second-order valence-electron chi connectivity index (χ2n) is 3.96. The van der Waals surface area contributed by atoms with E-state index in [9.17, 15) is 18.9 Å². The molecule has 0 N–H and O–H groups in total. The van der Waals surface area contributed by atoms with Crippen molar-refractivity contribution in [1.82, 2.24) is 0 Å². The molecule has 21 heavy (non-hydrogen) atoms. The highest BCUT2D eigenvalue weighted by Crippen LogP contribution is 2.35. The van der Waals surface area contributed by atoms with Crippen molar-refractivity contribution in [2.45, 2.75) is 6.61 Å². The van der Waals surface area contributed by atoms with Gasteiger partial charge in [0.1, 0.15) is 18.2 Å². The number of benzene rings is 2. The van der Waals surface area contributed by atoms with Crippen LogP contribution in [0.2, 0.25) is 0 Å². The van der Waals surface area contributed by atoms with Gasteiger partial charge in [0.25, 0.3) is 0 Å². The fourth-order valence-corrected chi connectivity index (χ4v) is 2.47. The Morgan fingerprint density at radius 3 is 2.52 bits per heavy atom. The molecule has 0 atom stereocenters. The van der Waals surface area contributed by atoms with Gasteiger partial charge in [-0.15, -0.1) is 0 Å². The van der Waals surface area contributed by atoms with Crippen LogP contribution in [-0.4, -0.2) is 4.92 Å². The van der Waals surface area contributed by atoms with Gasteiger partial charge in [0, 0.05) is 6.07 Å². The predicted molar refractivity (Wildman–Crippen MR) is 79.2 cm³/mol. The van der Waals surface area contributed by atoms with Crippen LogP contribution in [0.25, 0.3) is 0 Å². The van der Waals surface area contributed by atoms with E-state index in [1.807, 2.05) is 0 Å². The van der Waals surface area contributed by atoms with E-state index in [0.717, 1.165) is 6.07 Å². The number of rotatable bonds is 4.